The van der Waals surface area contributed by atoms with E-state index in [0.717, 1.165) is 22.6 Å². The number of halogens is 2. The molecule has 0 amide bonds. The van der Waals surface area contributed by atoms with Gasteiger partial charge in [-0.1, -0.05) is 11.6 Å². The fourth-order valence-electron chi connectivity index (χ4n) is 1.92. The molecule has 2 aromatic heterocycles. The van der Waals surface area contributed by atoms with Crippen LogP contribution < -0.4 is 5.32 Å². The average molecular weight is 308 g/mol. The van der Waals surface area contributed by atoms with Crippen LogP contribution in [0.1, 0.15) is 6.92 Å². The minimum Gasteiger partial charge on any atom is -0.370 e. The second-order valence-electron chi connectivity index (χ2n) is 4.19. The molecule has 0 bridgehead atoms. The Hall–Kier alpha value is -1.72. The Labute approximate surface area is 124 Å². The molecule has 0 unspecified atom stereocenters. The van der Waals surface area contributed by atoms with Crippen molar-refractivity contribution in [1.82, 2.24) is 9.97 Å². The molecule has 1 N–H and O–H groups in total. The number of hydrogen-bond donors (Lipinski definition) is 1. The van der Waals surface area contributed by atoms with Gasteiger partial charge in [0.05, 0.1) is 10.4 Å². The van der Waals surface area contributed by atoms with Gasteiger partial charge in [0.25, 0.3) is 0 Å². The summed E-state index contributed by atoms with van der Waals surface area (Å²) in [5, 5.41) is 6.26. The van der Waals surface area contributed by atoms with E-state index in [4.69, 9.17) is 11.6 Å². The van der Waals surface area contributed by atoms with Crippen LogP contribution in [0.15, 0.2) is 29.6 Å². The van der Waals surface area contributed by atoms with Gasteiger partial charge in [0, 0.05) is 12.1 Å². The maximum atomic E-state index is 13.2. The third-order valence-corrected chi connectivity index (χ3v) is 3.94. The number of anilines is 1. The zero-order chi connectivity index (χ0) is 14.1. The first-order valence-electron chi connectivity index (χ1n) is 6.13. The standard InChI is InChI=1S/C14H11ClFN3S/c1-2-17-13-9-5-6-20-14(9)19-12(18-13)8-3-4-11(16)10(15)7-8/h3-7H,2H2,1H3,(H,17,18,19). The molecule has 20 heavy (non-hydrogen) atoms. The highest BCUT2D eigenvalue weighted by Crippen LogP contribution is 2.29. The van der Waals surface area contributed by atoms with E-state index in [9.17, 15) is 4.39 Å². The summed E-state index contributed by atoms with van der Waals surface area (Å²) < 4.78 is 13.2. The van der Waals surface area contributed by atoms with Crippen LogP contribution in [-0.2, 0) is 0 Å². The van der Waals surface area contributed by atoms with Gasteiger partial charge in [0.2, 0.25) is 0 Å². The largest absolute Gasteiger partial charge is 0.370 e. The summed E-state index contributed by atoms with van der Waals surface area (Å²) in [6, 6.07) is 6.49. The molecule has 0 radical (unpaired) electrons. The maximum Gasteiger partial charge on any atom is 0.163 e. The Balaban J connectivity index is 2.17. The smallest absolute Gasteiger partial charge is 0.163 e. The molecular formula is C14H11ClFN3S. The fourth-order valence-corrected chi connectivity index (χ4v) is 2.87. The van der Waals surface area contributed by atoms with Crippen LogP contribution in [0, 0.1) is 5.82 Å². The zero-order valence-corrected chi connectivity index (χ0v) is 12.2. The Morgan fingerprint density at radius 1 is 1.30 bits per heavy atom. The molecule has 0 atom stereocenters. The van der Waals surface area contributed by atoms with Crippen molar-refractivity contribution in [3.63, 3.8) is 0 Å². The summed E-state index contributed by atoms with van der Waals surface area (Å²) >= 11 is 7.36. The Morgan fingerprint density at radius 2 is 2.15 bits per heavy atom. The van der Waals surface area contributed by atoms with E-state index < -0.39 is 5.82 Å². The third-order valence-electron chi connectivity index (χ3n) is 2.85. The van der Waals surface area contributed by atoms with Gasteiger partial charge in [0.15, 0.2) is 5.82 Å². The SMILES string of the molecule is CCNc1nc(-c2ccc(F)c(Cl)c2)nc2sccc12. The molecule has 0 saturated heterocycles. The Kier molecular flexibility index (Phi) is 3.54. The summed E-state index contributed by atoms with van der Waals surface area (Å²) in [6.45, 7) is 2.78. The zero-order valence-electron chi connectivity index (χ0n) is 10.7. The topological polar surface area (TPSA) is 37.8 Å². The minimum absolute atomic E-state index is 0.0716. The highest BCUT2D eigenvalue weighted by molar-refractivity contribution is 7.16. The van der Waals surface area contributed by atoms with E-state index in [2.05, 4.69) is 15.3 Å². The van der Waals surface area contributed by atoms with E-state index in [1.54, 1.807) is 23.5 Å². The molecule has 0 fully saturated rings. The number of fused-ring (bicyclic) bond motifs is 1. The van der Waals surface area contributed by atoms with Crippen LogP contribution in [0.4, 0.5) is 10.2 Å². The summed E-state index contributed by atoms with van der Waals surface area (Å²) in [5.41, 5.74) is 0.700. The second kappa shape index (κ2) is 5.34. The van der Waals surface area contributed by atoms with Gasteiger partial charge in [-0.25, -0.2) is 14.4 Å². The molecular weight excluding hydrogens is 297 g/mol. The Bertz CT molecular complexity index is 772. The van der Waals surface area contributed by atoms with Crippen LogP contribution in [0.5, 0.6) is 0 Å². The van der Waals surface area contributed by atoms with Crippen molar-refractivity contribution >= 4 is 39.0 Å². The molecule has 0 aliphatic rings. The van der Waals surface area contributed by atoms with Gasteiger partial charge in [-0.2, -0.15) is 0 Å². The molecule has 2 heterocycles. The number of hydrogen-bond acceptors (Lipinski definition) is 4. The number of thiophene rings is 1. The number of nitrogens with one attached hydrogen (secondary N) is 1. The van der Waals surface area contributed by atoms with Gasteiger partial charge < -0.3 is 5.32 Å². The lowest BCUT2D eigenvalue weighted by Crippen LogP contribution is -2.02. The second-order valence-corrected chi connectivity index (χ2v) is 5.50. The highest BCUT2D eigenvalue weighted by atomic mass is 35.5. The van der Waals surface area contributed by atoms with E-state index in [1.165, 1.54) is 6.07 Å². The van der Waals surface area contributed by atoms with Crippen molar-refractivity contribution in [2.75, 3.05) is 11.9 Å². The molecule has 102 valence electrons. The first kappa shape index (κ1) is 13.3. The first-order chi connectivity index (χ1) is 9.69. The van der Waals surface area contributed by atoms with Crippen molar-refractivity contribution in [2.24, 2.45) is 0 Å². The quantitative estimate of drug-likeness (QED) is 0.769. The molecule has 3 nitrogen and oxygen atoms in total. The molecule has 1 aromatic carbocycles. The lowest BCUT2D eigenvalue weighted by atomic mass is 10.2. The van der Waals surface area contributed by atoms with Crippen LogP contribution in [0.25, 0.3) is 21.6 Å². The van der Waals surface area contributed by atoms with E-state index in [1.807, 2.05) is 18.4 Å². The average Bonchev–Trinajstić information content (AvgIpc) is 2.90. The summed E-state index contributed by atoms with van der Waals surface area (Å²) in [7, 11) is 0. The van der Waals surface area contributed by atoms with E-state index in [-0.39, 0.29) is 5.02 Å². The summed E-state index contributed by atoms with van der Waals surface area (Å²) in [4.78, 5) is 9.91. The third kappa shape index (κ3) is 2.34. The van der Waals surface area contributed by atoms with Gasteiger partial charge in [-0.15, -0.1) is 11.3 Å². The molecule has 3 aromatic rings. The first-order valence-corrected chi connectivity index (χ1v) is 7.39. The van der Waals surface area contributed by atoms with Crippen molar-refractivity contribution in [2.45, 2.75) is 6.92 Å². The predicted molar refractivity (Wildman–Crippen MR) is 82.0 cm³/mol. The molecule has 0 aliphatic carbocycles. The molecule has 3 rings (SSSR count). The fraction of sp³-hybridized carbons (Fsp3) is 0.143. The van der Waals surface area contributed by atoms with E-state index in [0.29, 0.717) is 11.4 Å². The van der Waals surface area contributed by atoms with Crippen molar-refractivity contribution in [3.05, 3.63) is 40.5 Å². The number of benzene rings is 1. The van der Waals surface area contributed by atoms with E-state index >= 15 is 0 Å². The molecule has 0 aliphatic heterocycles. The molecule has 6 heteroatoms. The van der Waals surface area contributed by atoms with Crippen LogP contribution in [0.3, 0.4) is 0 Å². The minimum atomic E-state index is -0.445. The van der Waals surface area contributed by atoms with Crippen LogP contribution in [0.2, 0.25) is 5.02 Å². The summed E-state index contributed by atoms with van der Waals surface area (Å²) in [6.07, 6.45) is 0. The van der Waals surface area contributed by atoms with Gasteiger partial charge in [0.1, 0.15) is 16.5 Å². The summed E-state index contributed by atoms with van der Waals surface area (Å²) in [5.74, 6) is 0.881. The molecule has 0 spiro atoms. The maximum absolute atomic E-state index is 13.2. The van der Waals surface area contributed by atoms with Gasteiger partial charge >= 0.3 is 0 Å². The van der Waals surface area contributed by atoms with Crippen molar-refractivity contribution in [3.8, 4) is 11.4 Å². The molecule has 0 saturated carbocycles. The van der Waals surface area contributed by atoms with Gasteiger partial charge in [-0.3, -0.25) is 0 Å². The van der Waals surface area contributed by atoms with Crippen molar-refractivity contribution in [1.29, 1.82) is 0 Å². The highest BCUT2D eigenvalue weighted by Gasteiger charge is 2.11. The lowest BCUT2D eigenvalue weighted by molar-refractivity contribution is 0.628. The van der Waals surface area contributed by atoms with Crippen molar-refractivity contribution < 1.29 is 4.39 Å². The van der Waals surface area contributed by atoms with Crippen LogP contribution in [-0.4, -0.2) is 16.5 Å². The Morgan fingerprint density at radius 3 is 2.90 bits per heavy atom. The normalized spacial score (nSPS) is 10.9. The number of rotatable bonds is 3. The van der Waals surface area contributed by atoms with Gasteiger partial charge in [-0.05, 0) is 36.6 Å². The lowest BCUT2D eigenvalue weighted by Gasteiger charge is -2.07. The van der Waals surface area contributed by atoms with Crippen LogP contribution >= 0.6 is 22.9 Å². The number of nitrogens with zero attached hydrogens (tertiary/aromatic N) is 2. The number of aromatic nitrogens is 2. The monoisotopic (exact) mass is 307 g/mol. The predicted octanol–water partition coefficient (Wildman–Crippen LogP) is 4.58.